The van der Waals surface area contributed by atoms with Gasteiger partial charge in [-0.1, -0.05) is 0 Å². The number of benzene rings is 2. The van der Waals surface area contributed by atoms with Crippen LogP contribution in [0.5, 0.6) is 17.2 Å². The Bertz CT molecular complexity index is 743. The highest BCUT2D eigenvalue weighted by Gasteiger charge is 2.20. The Labute approximate surface area is 139 Å². The number of hydrogen-bond acceptors (Lipinski definition) is 5. The number of hydrogen-bond donors (Lipinski definition) is 2. The summed E-state index contributed by atoms with van der Waals surface area (Å²) in [6, 6.07) is 10.7. The minimum Gasteiger partial charge on any atom is -0.508 e. The second-order valence-corrected chi connectivity index (χ2v) is 4.90. The van der Waals surface area contributed by atoms with E-state index in [1.807, 2.05) is 0 Å². The average Bonchev–Trinajstić information content (AvgIpc) is 2.60. The number of amides is 2. The minimum absolute atomic E-state index is 0.0781. The molecule has 0 atom stereocenters. The number of ether oxygens (including phenoxy) is 2. The first-order valence-electron chi connectivity index (χ1n) is 7.06. The van der Waals surface area contributed by atoms with Crippen molar-refractivity contribution in [1.29, 1.82) is 0 Å². The van der Waals surface area contributed by atoms with Crippen LogP contribution in [0.15, 0.2) is 42.5 Å². The Morgan fingerprint density at radius 3 is 2.21 bits per heavy atom. The third-order valence-electron chi connectivity index (χ3n) is 3.38. The maximum absolute atomic E-state index is 12.2. The number of phenolic OH excluding ortho intramolecular Hbond substituents is 1. The van der Waals surface area contributed by atoms with Crippen molar-refractivity contribution < 1.29 is 24.2 Å². The molecule has 0 aliphatic heterocycles. The van der Waals surface area contributed by atoms with Gasteiger partial charge in [0.1, 0.15) is 5.75 Å². The van der Waals surface area contributed by atoms with E-state index < -0.39 is 11.8 Å². The van der Waals surface area contributed by atoms with Crippen LogP contribution in [0.3, 0.4) is 0 Å². The van der Waals surface area contributed by atoms with E-state index in [1.165, 1.54) is 50.4 Å². The highest BCUT2D eigenvalue weighted by Crippen LogP contribution is 2.29. The van der Waals surface area contributed by atoms with Gasteiger partial charge in [-0.25, -0.2) is 0 Å². The summed E-state index contributed by atoms with van der Waals surface area (Å²) in [5, 5.41) is 11.8. The molecule has 2 aromatic carbocycles. The number of likely N-dealkylation sites (N-methyl/N-ethyl adjacent to an activating group) is 1. The van der Waals surface area contributed by atoms with Crippen LogP contribution < -0.4 is 19.7 Å². The standard InChI is InChI=1S/C17H18N2O5/c1-19(12-5-7-13(20)8-6-12)17(22)16(21)18-11-4-9-14(23-2)15(10-11)24-3/h4-10,20H,1-3H3,(H,18,21). The van der Waals surface area contributed by atoms with Crippen molar-refractivity contribution >= 4 is 23.2 Å². The number of carbonyl (C=O) groups is 2. The van der Waals surface area contributed by atoms with Gasteiger partial charge in [0, 0.05) is 24.5 Å². The molecule has 0 radical (unpaired) electrons. The normalized spacial score (nSPS) is 9.96. The lowest BCUT2D eigenvalue weighted by Gasteiger charge is -2.17. The van der Waals surface area contributed by atoms with Crippen molar-refractivity contribution in [2.24, 2.45) is 0 Å². The largest absolute Gasteiger partial charge is 0.508 e. The maximum atomic E-state index is 12.2. The fraction of sp³-hybridized carbons (Fsp3) is 0.176. The third-order valence-corrected chi connectivity index (χ3v) is 3.38. The number of rotatable bonds is 4. The molecule has 2 aromatic rings. The predicted octanol–water partition coefficient (Wildman–Crippen LogP) is 2.01. The number of methoxy groups -OCH3 is 2. The van der Waals surface area contributed by atoms with Crippen LogP contribution in [-0.2, 0) is 9.59 Å². The quantitative estimate of drug-likeness (QED) is 0.837. The molecular weight excluding hydrogens is 312 g/mol. The number of nitrogens with one attached hydrogen (secondary N) is 1. The van der Waals surface area contributed by atoms with E-state index >= 15 is 0 Å². The highest BCUT2D eigenvalue weighted by atomic mass is 16.5. The first-order chi connectivity index (χ1) is 11.5. The molecule has 0 unspecified atom stereocenters. The summed E-state index contributed by atoms with van der Waals surface area (Å²) in [6.07, 6.45) is 0. The van der Waals surface area contributed by atoms with Crippen molar-refractivity contribution in [3.8, 4) is 17.2 Å². The zero-order valence-corrected chi connectivity index (χ0v) is 13.6. The van der Waals surface area contributed by atoms with Crippen molar-refractivity contribution in [3.63, 3.8) is 0 Å². The zero-order valence-electron chi connectivity index (χ0n) is 13.6. The fourth-order valence-corrected chi connectivity index (χ4v) is 2.04. The van der Waals surface area contributed by atoms with Crippen molar-refractivity contribution in [2.45, 2.75) is 0 Å². The summed E-state index contributed by atoms with van der Waals surface area (Å²) >= 11 is 0. The van der Waals surface area contributed by atoms with Gasteiger partial charge < -0.3 is 24.8 Å². The number of carbonyl (C=O) groups excluding carboxylic acids is 2. The number of anilines is 2. The summed E-state index contributed by atoms with van der Waals surface area (Å²) in [5.74, 6) is -0.500. The summed E-state index contributed by atoms with van der Waals surface area (Å²) < 4.78 is 10.3. The molecule has 2 N–H and O–H groups in total. The van der Waals surface area contributed by atoms with Gasteiger partial charge in [0.2, 0.25) is 0 Å². The lowest BCUT2D eigenvalue weighted by molar-refractivity contribution is -0.134. The van der Waals surface area contributed by atoms with E-state index in [2.05, 4.69) is 5.32 Å². The Hall–Kier alpha value is -3.22. The Morgan fingerprint density at radius 1 is 1.00 bits per heavy atom. The Kier molecular flexibility index (Phi) is 5.26. The molecule has 0 aliphatic rings. The molecule has 7 heteroatoms. The van der Waals surface area contributed by atoms with Crippen LogP contribution in [0, 0.1) is 0 Å². The summed E-state index contributed by atoms with van der Waals surface area (Å²) in [4.78, 5) is 25.5. The molecule has 24 heavy (non-hydrogen) atoms. The van der Waals surface area contributed by atoms with Gasteiger partial charge in [0.25, 0.3) is 0 Å². The topological polar surface area (TPSA) is 88.1 Å². The molecule has 126 valence electrons. The van der Waals surface area contributed by atoms with Crippen LogP contribution in [0.1, 0.15) is 0 Å². The third kappa shape index (κ3) is 3.75. The van der Waals surface area contributed by atoms with Crippen LogP contribution >= 0.6 is 0 Å². The van der Waals surface area contributed by atoms with Crippen LogP contribution in [0.4, 0.5) is 11.4 Å². The molecule has 0 fully saturated rings. The van der Waals surface area contributed by atoms with Crippen LogP contribution in [-0.4, -0.2) is 38.2 Å². The SMILES string of the molecule is COc1ccc(NC(=O)C(=O)N(C)c2ccc(O)cc2)cc1OC. The average molecular weight is 330 g/mol. The minimum atomic E-state index is -0.794. The first-order valence-corrected chi connectivity index (χ1v) is 7.06. The molecule has 7 nitrogen and oxygen atoms in total. The Balaban J connectivity index is 2.11. The van der Waals surface area contributed by atoms with Gasteiger partial charge >= 0.3 is 11.8 Å². The van der Waals surface area contributed by atoms with E-state index in [0.717, 1.165) is 0 Å². The van der Waals surface area contributed by atoms with Crippen LogP contribution in [0.2, 0.25) is 0 Å². The van der Waals surface area contributed by atoms with Gasteiger partial charge in [0.15, 0.2) is 11.5 Å². The maximum Gasteiger partial charge on any atom is 0.316 e. The molecule has 2 amide bonds. The van der Waals surface area contributed by atoms with Gasteiger partial charge in [-0.15, -0.1) is 0 Å². The predicted molar refractivity (Wildman–Crippen MR) is 89.7 cm³/mol. The number of nitrogens with zero attached hydrogens (tertiary/aromatic N) is 1. The van der Waals surface area contributed by atoms with E-state index in [1.54, 1.807) is 18.2 Å². The lowest BCUT2D eigenvalue weighted by atomic mass is 10.2. The first kappa shape index (κ1) is 17.1. The Morgan fingerprint density at radius 2 is 1.62 bits per heavy atom. The van der Waals surface area contributed by atoms with Gasteiger partial charge in [-0.2, -0.15) is 0 Å². The summed E-state index contributed by atoms with van der Waals surface area (Å²) in [6.45, 7) is 0. The summed E-state index contributed by atoms with van der Waals surface area (Å²) in [5.41, 5.74) is 0.894. The molecule has 0 spiro atoms. The van der Waals surface area contributed by atoms with E-state index in [4.69, 9.17) is 9.47 Å². The molecule has 2 rings (SSSR count). The number of aromatic hydroxyl groups is 1. The van der Waals surface area contributed by atoms with Gasteiger partial charge in [0.05, 0.1) is 14.2 Å². The molecule has 0 saturated heterocycles. The molecule has 0 saturated carbocycles. The second kappa shape index (κ2) is 7.36. The fourth-order valence-electron chi connectivity index (χ4n) is 2.04. The molecule has 0 heterocycles. The molecule has 0 aromatic heterocycles. The van der Waals surface area contributed by atoms with Gasteiger partial charge in [-0.3, -0.25) is 9.59 Å². The van der Waals surface area contributed by atoms with Crippen LogP contribution in [0.25, 0.3) is 0 Å². The number of phenols is 1. The zero-order chi connectivity index (χ0) is 17.7. The summed E-state index contributed by atoms with van der Waals surface area (Å²) in [7, 11) is 4.46. The van der Waals surface area contributed by atoms with Crippen molar-refractivity contribution in [2.75, 3.05) is 31.5 Å². The van der Waals surface area contributed by atoms with Crippen molar-refractivity contribution in [3.05, 3.63) is 42.5 Å². The molecular formula is C17H18N2O5. The highest BCUT2D eigenvalue weighted by molar-refractivity contribution is 6.44. The molecule has 0 bridgehead atoms. The lowest BCUT2D eigenvalue weighted by Crippen LogP contribution is -2.37. The molecule has 0 aliphatic carbocycles. The van der Waals surface area contributed by atoms with E-state index in [0.29, 0.717) is 22.9 Å². The van der Waals surface area contributed by atoms with Crippen molar-refractivity contribution in [1.82, 2.24) is 0 Å². The smallest absolute Gasteiger partial charge is 0.316 e. The van der Waals surface area contributed by atoms with E-state index in [9.17, 15) is 14.7 Å². The monoisotopic (exact) mass is 330 g/mol. The second-order valence-electron chi connectivity index (χ2n) is 4.90. The van der Waals surface area contributed by atoms with E-state index in [-0.39, 0.29) is 5.75 Å². The van der Waals surface area contributed by atoms with Gasteiger partial charge in [-0.05, 0) is 36.4 Å².